The molecule has 0 amide bonds. The van der Waals surface area contributed by atoms with Crippen LogP contribution in [0.1, 0.15) is 20.7 Å². The van der Waals surface area contributed by atoms with Crippen molar-refractivity contribution in [2.45, 2.75) is 0 Å². The van der Waals surface area contributed by atoms with Crippen LogP contribution in [-0.2, 0) is 0 Å². The van der Waals surface area contributed by atoms with E-state index < -0.39 is 0 Å². The molecular weight excluding hydrogens is 400 g/mol. The van der Waals surface area contributed by atoms with Gasteiger partial charge in [0.15, 0.2) is 11.3 Å². The number of aromatic nitrogens is 4. The van der Waals surface area contributed by atoms with Crippen LogP contribution in [0.15, 0.2) is 85.2 Å². The Labute approximate surface area is 182 Å². The van der Waals surface area contributed by atoms with Crippen LogP contribution in [0.25, 0.3) is 44.8 Å². The van der Waals surface area contributed by atoms with Crippen LogP contribution in [-0.4, -0.2) is 31.3 Å². The Kier molecular flexibility index (Phi) is 3.98. The minimum Gasteiger partial charge on any atom is -0.298 e. The molecule has 6 aromatic rings. The van der Waals surface area contributed by atoms with Gasteiger partial charge in [0.2, 0.25) is 0 Å². The van der Waals surface area contributed by atoms with E-state index >= 15 is 0 Å². The van der Waals surface area contributed by atoms with Crippen LogP contribution in [0.5, 0.6) is 0 Å². The van der Waals surface area contributed by atoms with Gasteiger partial charge in [-0.3, -0.25) is 18.4 Å². The zero-order chi connectivity index (χ0) is 21.7. The molecule has 0 bridgehead atoms. The van der Waals surface area contributed by atoms with Crippen LogP contribution in [0.3, 0.4) is 0 Å². The number of rotatable bonds is 4. The van der Waals surface area contributed by atoms with Gasteiger partial charge in [-0.2, -0.15) is 0 Å². The van der Waals surface area contributed by atoms with Crippen molar-refractivity contribution in [2.24, 2.45) is 0 Å². The first-order valence-corrected chi connectivity index (χ1v) is 10.2. The van der Waals surface area contributed by atoms with Crippen molar-refractivity contribution >= 4 is 34.9 Å². The largest absolute Gasteiger partial charge is 0.298 e. The minimum atomic E-state index is 0.633. The van der Waals surface area contributed by atoms with Gasteiger partial charge in [0.1, 0.15) is 12.6 Å². The number of nitrogens with zero attached hydrogens (tertiary/aromatic N) is 4. The summed E-state index contributed by atoms with van der Waals surface area (Å²) in [6.45, 7) is 0. The Hall–Kier alpha value is -4.58. The highest BCUT2D eigenvalue weighted by molar-refractivity contribution is 5.91. The third kappa shape index (κ3) is 2.60. The lowest BCUT2D eigenvalue weighted by atomic mass is 10.1. The van der Waals surface area contributed by atoms with Gasteiger partial charge >= 0.3 is 0 Å². The molecule has 0 N–H and O–H groups in total. The molecule has 0 spiro atoms. The van der Waals surface area contributed by atoms with Gasteiger partial charge in [0.05, 0.1) is 34.8 Å². The summed E-state index contributed by atoms with van der Waals surface area (Å²) in [4.78, 5) is 31.5. The molecule has 152 valence electrons. The second-order valence-electron chi connectivity index (χ2n) is 7.57. The normalized spacial score (nSPS) is 11.4. The van der Waals surface area contributed by atoms with Gasteiger partial charge in [-0.15, -0.1) is 0 Å². The summed E-state index contributed by atoms with van der Waals surface area (Å²) < 4.78 is 4.21. The molecule has 0 atom stereocenters. The minimum absolute atomic E-state index is 0.633. The summed E-state index contributed by atoms with van der Waals surface area (Å²) >= 11 is 0. The topological polar surface area (TPSA) is 68.7 Å². The summed E-state index contributed by atoms with van der Waals surface area (Å²) in [6.07, 6.45) is 5.35. The Morgan fingerprint density at radius 3 is 1.34 bits per heavy atom. The molecule has 6 rings (SSSR count). The first-order valence-electron chi connectivity index (χ1n) is 10.2. The average molecular weight is 416 g/mol. The second-order valence-corrected chi connectivity index (χ2v) is 7.57. The van der Waals surface area contributed by atoms with E-state index in [4.69, 9.17) is 9.97 Å². The fourth-order valence-corrected chi connectivity index (χ4v) is 4.22. The molecule has 3 aromatic carbocycles. The van der Waals surface area contributed by atoms with Crippen molar-refractivity contribution < 1.29 is 9.59 Å². The molecule has 0 fully saturated rings. The van der Waals surface area contributed by atoms with Gasteiger partial charge in [-0.1, -0.05) is 60.7 Å². The number of carbonyl (C=O) groups is 2. The lowest BCUT2D eigenvalue weighted by Crippen LogP contribution is -2.00. The maximum absolute atomic E-state index is 11.0. The molecule has 6 heteroatoms. The van der Waals surface area contributed by atoms with Crippen LogP contribution in [0, 0.1) is 0 Å². The Bertz CT molecular complexity index is 1520. The summed E-state index contributed by atoms with van der Waals surface area (Å²) in [7, 11) is 0. The molecule has 0 aliphatic carbocycles. The molecule has 0 saturated carbocycles. The molecule has 0 aliphatic heterocycles. The van der Waals surface area contributed by atoms with Crippen molar-refractivity contribution in [3.63, 3.8) is 0 Å². The molecular formula is C26H16N4O2. The molecule has 0 radical (unpaired) electrons. The standard InChI is InChI=1S/C26H16N4O2/c31-15-17-5-9-19(10-6-17)23-13-27-25-26-28-14-24(20-11-7-18(16-32)8-12-20)30(26)22-4-2-1-3-21(22)29(23)25/h1-16H. The van der Waals surface area contributed by atoms with Crippen molar-refractivity contribution in [3.8, 4) is 22.5 Å². The molecule has 32 heavy (non-hydrogen) atoms. The lowest BCUT2D eigenvalue weighted by Gasteiger charge is -2.11. The van der Waals surface area contributed by atoms with Crippen molar-refractivity contribution in [3.05, 3.63) is 96.3 Å². The third-order valence-electron chi connectivity index (χ3n) is 5.77. The van der Waals surface area contributed by atoms with E-state index in [1.165, 1.54) is 0 Å². The van der Waals surface area contributed by atoms with Crippen LogP contribution in [0.4, 0.5) is 0 Å². The molecule has 0 aliphatic rings. The molecule has 0 unspecified atom stereocenters. The fourth-order valence-electron chi connectivity index (χ4n) is 4.22. The number of para-hydroxylation sites is 2. The molecule has 3 heterocycles. The van der Waals surface area contributed by atoms with Gasteiger partial charge in [0.25, 0.3) is 0 Å². The van der Waals surface area contributed by atoms with Gasteiger partial charge in [-0.05, 0) is 12.1 Å². The number of hydrogen-bond acceptors (Lipinski definition) is 4. The third-order valence-corrected chi connectivity index (χ3v) is 5.77. The number of fused-ring (bicyclic) bond motifs is 6. The van der Waals surface area contributed by atoms with Crippen molar-refractivity contribution in [2.75, 3.05) is 0 Å². The Morgan fingerprint density at radius 2 is 0.969 bits per heavy atom. The molecule has 0 saturated heterocycles. The highest BCUT2D eigenvalue weighted by atomic mass is 16.1. The van der Waals surface area contributed by atoms with E-state index in [9.17, 15) is 9.59 Å². The van der Waals surface area contributed by atoms with E-state index in [-0.39, 0.29) is 0 Å². The summed E-state index contributed by atoms with van der Waals surface area (Å²) in [5, 5.41) is 0. The van der Waals surface area contributed by atoms with Crippen LogP contribution >= 0.6 is 0 Å². The SMILES string of the molecule is O=Cc1ccc(-c2cnc3c4ncc(-c5ccc(C=O)cc5)n4c4ccccc4n23)cc1. The Morgan fingerprint density at radius 1 is 0.562 bits per heavy atom. The monoisotopic (exact) mass is 416 g/mol. The van der Waals surface area contributed by atoms with Crippen LogP contribution in [0.2, 0.25) is 0 Å². The number of aldehydes is 2. The average Bonchev–Trinajstić information content (AvgIpc) is 3.49. The van der Waals surface area contributed by atoms with E-state index in [2.05, 4.69) is 20.9 Å². The van der Waals surface area contributed by atoms with Crippen LogP contribution < -0.4 is 0 Å². The first-order chi connectivity index (χ1) is 15.8. The number of carbonyl (C=O) groups excluding carboxylic acids is 2. The smallest absolute Gasteiger partial charge is 0.182 e. The van der Waals surface area contributed by atoms with E-state index in [0.717, 1.165) is 57.4 Å². The van der Waals surface area contributed by atoms with E-state index in [1.807, 2.05) is 48.8 Å². The first kappa shape index (κ1) is 18.2. The van der Waals surface area contributed by atoms with Gasteiger partial charge < -0.3 is 0 Å². The zero-order valence-corrected chi connectivity index (χ0v) is 16.8. The Balaban J connectivity index is 1.68. The molecule has 3 aromatic heterocycles. The second kappa shape index (κ2) is 6.99. The summed E-state index contributed by atoms with van der Waals surface area (Å²) in [6, 6.07) is 23.1. The summed E-state index contributed by atoms with van der Waals surface area (Å²) in [5.74, 6) is 0. The van der Waals surface area contributed by atoms with Gasteiger partial charge in [0, 0.05) is 22.3 Å². The van der Waals surface area contributed by atoms with E-state index in [1.54, 1.807) is 24.3 Å². The number of imidazole rings is 2. The summed E-state index contributed by atoms with van der Waals surface area (Å²) in [5.41, 5.74) is 8.52. The number of benzene rings is 3. The van der Waals surface area contributed by atoms with E-state index in [0.29, 0.717) is 11.1 Å². The highest BCUT2D eigenvalue weighted by Crippen LogP contribution is 2.31. The van der Waals surface area contributed by atoms with Crippen molar-refractivity contribution in [1.82, 2.24) is 18.8 Å². The zero-order valence-electron chi connectivity index (χ0n) is 16.8. The molecule has 6 nitrogen and oxygen atoms in total. The highest BCUT2D eigenvalue weighted by Gasteiger charge is 2.18. The fraction of sp³-hybridized carbons (Fsp3) is 0. The maximum Gasteiger partial charge on any atom is 0.182 e. The van der Waals surface area contributed by atoms with Gasteiger partial charge in [-0.25, -0.2) is 9.97 Å². The quantitative estimate of drug-likeness (QED) is 0.375. The predicted molar refractivity (Wildman–Crippen MR) is 123 cm³/mol. The van der Waals surface area contributed by atoms with Crippen molar-refractivity contribution in [1.29, 1.82) is 0 Å². The maximum atomic E-state index is 11.0. The lowest BCUT2D eigenvalue weighted by molar-refractivity contribution is 0.111. The predicted octanol–water partition coefficient (Wildman–Crippen LogP) is 5.09. The number of hydrogen-bond donors (Lipinski definition) is 0.